The number of nitrogens with one attached hydrogen (secondary N) is 1. The van der Waals surface area contributed by atoms with Gasteiger partial charge in [0.1, 0.15) is 16.5 Å². The van der Waals surface area contributed by atoms with Gasteiger partial charge < -0.3 is 5.11 Å². The Bertz CT molecular complexity index is 532. The van der Waals surface area contributed by atoms with E-state index >= 15 is 0 Å². The third kappa shape index (κ3) is 4.52. The Balaban J connectivity index is 2.74. The Morgan fingerprint density at radius 2 is 1.95 bits per heavy atom. The van der Waals surface area contributed by atoms with Gasteiger partial charge in [-0.15, -0.1) is 0 Å². The molecule has 0 heterocycles. The van der Waals surface area contributed by atoms with Crippen LogP contribution in [0.5, 0.6) is 0 Å². The zero-order valence-electron chi connectivity index (χ0n) is 10.7. The van der Waals surface area contributed by atoms with Gasteiger partial charge >= 0.3 is 0 Å². The van der Waals surface area contributed by atoms with Crippen molar-refractivity contribution in [2.24, 2.45) is 5.92 Å². The number of rotatable bonds is 6. The Labute approximate surface area is 111 Å². The molecule has 0 aliphatic rings. The summed E-state index contributed by atoms with van der Waals surface area (Å²) < 4.78 is 51.9. The highest BCUT2D eigenvalue weighted by Gasteiger charge is 2.20. The van der Waals surface area contributed by atoms with E-state index in [1.165, 1.54) is 0 Å². The van der Waals surface area contributed by atoms with Crippen molar-refractivity contribution < 1.29 is 22.3 Å². The predicted octanol–water partition coefficient (Wildman–Crippen LogP) is 1.65. The Morgan fingerprint density at radius 1 is 1.32 bits per heavy atom. The molecule has 1 rings (SSSR count). The van der Waals surface area contributed by atoms with Crippen molar-refractivity contribution in [3.8, 4) is 0 Å². The van der Waals surface area contributed by atoms with E-state index in [0.29, 0.717) is 6.07 Å². The molecule has 0 aromatic heterocycles. The van der Waals surface area contributed by atoms with Gasteiger partial charge in [0.2, 0.25) is 10.0 Å². The number of sulfonamides is 1. The van der Waals surface area contributed by atoms with Crippen molar-refractivity contribution in [1.82, 2.24) is 4.72 Å². The highest BCUT2D eigenvalue weighted by molar-refractivity contribution is 7.89. The van der Waals surface area contributed by atoms with Crippen LogP contribution >= 0.6 is 0 Å². The molecule has 4 nitrogen and oxygen atoms in total. The quantitative estimate of drug-likeness (QED) is 0.838. The molecule has 19 heavy (non-hydrogen) atoms. The van der Waals surface area contributed by atoms with Crippen molar-refractivity contribution in [2.45, 2.75) is 31.3 Å². The van der Waals surface area contributed by atoms with Gasteiger partial charge in [-0.3, -0.25) is 0 Å². The maximum absolute atomic E-state index is 13.3. The molecular weight excluding hydrogens is 276 g/mol. The molecule has 0 fully saturated rings. The maximum Gasteiger partial charge on any atom is 0.243 e. The van der Waals surface area contributed by atoms with Crippen LogP contribution in [0, 0.1) is 17.6 Å². The van der Waals surface area contributed by atoms with Crippen LogP contribution in [0.4, 0.5) is 8.78 Å². The molecule has 7 heteroatoms. The Hall–Kier alpha value is -1.05. The minimum atomic E-state index is -4.11. The van der Waals surface area contributed by atoms with Crippen molar-refractivity contribution in [3.05, 3.63) is 29.8 Å². The number of aliphatic hydroxyl groups is 1. The molecule has 1 aromatic carbocycles. The summed E-state index contributed by atoms with van der Waals surface area (Å²) in [5, 5.41) is 9.52. The van der Waals surface area contributed by atoms with Gasteiger partial charge in [-0.25, -0.2) is 21.9 Å². The zero-order chi connectivity index (χ0) is 14.6. The molecule has 0 unspecified atom stereocenters. The van der Waals surface area contributed by atoms with Crippen LogP contribution in [0.15, 0.2) is 23.1 Å². The van der Waals surface area contributed by atoms with E-state index in [4.69, 9.17) is 0 Å². The van der Waals surface area contributed by atoms with Gasteiger partial charge in [-0.2, -0.15) is 0 Å². The molecule has 0 bridgehead atoms. The van der Waals surface area contributed by atoms with Gasteiger partial charge in [0.25, 0.3) is 0 Å². The summed E-state index contributed by atoms with van der Waals surface area (Å²) in [6, 6.07) is 2.22. The first kappa shape index (κ1) is 16.0. The Kier molecular flexibility index (Phi) is 5.39. The van der Waals surface area contributed by atoms with E-state index in [2.05, 4.69) is 4.72 Å². The van der Waals surface area contributed by atoms with Crippen LogP contribution < -0.4 is 4.72 Å². The van der Waals surface area contributed by atoms with Crippen LogP contribution in [0.2, 0.25) is 0 Å². The van der Waals surface area contributed by atoms with Crippen LogP contribution in [0.25, 0.3) is 0 Å². The van der Waals surface area contributed by atoms with Gasteiger partial charge in [0.05, 0.1) is 6.10 Å². The highest BCUT2D eigenvalue weighted by atomic mass is 32.2. The predicted molar refractivity (Wildman–Crippen MR) is 67.0 cm³/mol. The van der Waals surface area contributed by atoms with E-state index in [1.54, 1.807) is 13.8 Å². The lowest BCUT2D eigenvalue weighted by atomic mass is 10.1. The topological polar surface area (TPSA) is 66.4 Å². The number of hydrogen-bond acceptors (Lipinski definition) is 3. The number of halogens is 2. The molecule has 2 N–H and O–H groups in total. The van der Waals surface area contributed by atoms with Crippen molar-refractivity contribution >= 4 is 10.0 Å². The monoisotopic (exact) mass is 293 g/mol. The molecule has 0 saturated heterocycles. The summed E-state index contributed by atoms with van der Waals surface area (Å²) in [4.78, 5) is -0.730. The third-order valence-electron chi connectivity index (χ3n) is 2.68. The normalized spacial score (nSPS) is 13.8. The molecule has 0 radical (unpaired) electrons. The first-order valence-corrected chi connectivity index (χ1v) is 7.35. The number of aliphatic hydroxyl groups excluding tert-OH is 1. The molecular formula is C12H17F2NO3S. The lowest BCUT2D eigenvalue weighted by molar-refractivity contribution is 0.118. The van der Waals surface area contributed by atoms with Crippen LogP contribution in [0.1, 0.15) is 20.3 Å². The minimum absolute atomic E-state index is 0.00425. The van der Waals surface area contributed by atoms with Crippen LogP contribution in [-0.2, 0) is 10.0 Å². The van der Waals surface area contributed by atoms with Crippen molar-refractivity contribution in [1.29, 1.82) is 0 Å². The highest BCUT2D eigenvalue weighted by Crippen LogP contribution is 2.15. The van der Waals surface area contributed by atoms with E-state index in [1.807, 2.05) is 0 Å². The van der Waals surface area contributed by atoms with Crippen LogP contribution in [0.3, 0.4) is 0 Å². The molecule has 1 atom stereocenters. The fourth-order valence-corrected chi connectivity index (χ4v) is 2.57. The van der Waals surface area contributed by atoms with Crippen molar-refractivity contribution in [3.63, 3.8) is 0 Å². The van der Waals surface area contributed by atoms with Crippen LogP contribution in [-0.4, -0.2) is 26.2 Å². The van der Waals surface area contributed by atoms with Gasteiger partial charge in [0, 0.05) is 6.54 Å². The average Bonchev–Trinajstić information content (AvgIpc) is 2.31. The second-order valence-electron chi connectivity index (χ2n) is 4.57. The molecule has 108 valence electrons. The maximum atomic E-state index is 13.3. The summed E-state index contributed by atoms with van der Waals surface area (Å²) in [6.07, 6.45) is -0.451. The fraction of sp³-hybridized carbons (Fsp3) is 0.500. The lowest BCUT2D eigenvalue weighted by Crippen LogP contribution is -2.29. The molecule has 0 spiro atoms. The summed E-state index contributed by atoms with van der Waals surface area (Å²) in [5.41, 5.74) is 0. The molecule has 0 amide bonds. The summed E-state index contributed by atoms with van der Waals surface area (Å²) >= 11 is 0. The van der Waals surface area contributed by atoms with Gasteiger partial charge in [-0.05, 0) is 30.5 Å². The second-order valence-corrected chi connectivity index (χ2v) is 6.31. The number of hydrogen-bond donors (Lipinski definition) is 2. The largest absolute Gasteiger partial charge is 0.393 e. The fourth-order valence-electron chi connectivity index (χ4n) is 1.44. The minimum Gasteiger partial charge on any atom is -0.393 e. The molecule has 0 aliphatic heterocycles. The zero-order valence-corrected chi connectivity index (χ0v) is 11.5. The second kappa shape index (κ2) is 6.40. The standard InChI is InChI=1S/C12H17F2NO3S/c1-8(2)11(16)5-6-15-19(17,18)12-7-9(13)3-4-10(12)14/h3-4,7-8,11,15-16H,5-6H2,1-2H3/t11-/m0/s1. The van der Waals surface area contributed by atoms with E-state index in [0.717, 1.165) is 12.1 Å². The van der Waals surface area contributed by atoms with Gasteiger partial charge in [-0.1, -0.05) is 13.8 Å². The number of benzene rings is 1. The first-order valence-electron chi connectivity index (χ1n) is 5.87. The summed E-state index contributed by atoms with van der Waals surface area (Å²) in [7, 11) is -4.11. The average molecular weight is 293 g/mol. The molecule has 0 aliphatic carbocycles. The first-order chi connectivity index (χ1) is 8.74. The van der Waals surface area contributed by atoms with E-state index in [9.17, 15) is 22.3 Å². The Morgan fingerprint density at radius 3 is 2.53 bits per heavy atom. The van der Waals surface area contributed by atoms with Crippen molar-refractivity contribution in [2.75, 3.05) is 6.54 Å². The SMILES string of the molecule is CC(C)[C@@H](O)CCNS(=O)(=O)c1cc(F)ccc1F. The summed E-state index contributed by atoms with van der Waals surface area (Å²) in [6.45, 7) is 3.55. The third-order valence-corrected chi connectivity index (χ3v) is 4.16. The smallest absolute Gasteiger partial charge is 0.243 e. The van der Waals surface area contributed by atoms with E-state index < -0.39 is 32.7 Å². The van der Waals surface area contributed by atoms with E-state index in [-0.39, 0.29) is 18.9 Å². The molecule has 0 saturated carbocycles. The molecule has 1 aromatic rings. The summed E-state index contributed by atoms with van der Waals surface area (Å²) in [5.74, 6) is -1.85. The lowest BCUT2D eigenvalue weighted by Gasteiger charge is -2.14. The van der Waals surface area contributed by atoms with Gasteiger partial charge in [0.15, 0.2) is 0 Å².